The van der Waals surface area contributed by atoms with Crippen LogP contribution in [0, 0.1) is 12.8 Å². The Morgan fingerprint density at radius 3 is 2.18 bits per heavy atom. The SMILES string of the molecule is Cc1ccccc1S(=O)(=O)N1CCC(Cc2ccc(-n3cccc3)cc2)CC1. The number of sulfonamides is 1. The van der Waals surface area contributed by atoms with Crippen LogP contribution in [0.2, 0.25) is 0 Å². The van der Waals surface area contributed by atoms with Crippen LogP contribution in [0.1, 0.15) is 24.0 Å². The minimum atomic E-state index is -3.39. The highest BCUT2D eigenvalue weighted by molar-refractivity contribution is 7.89. The van der Waals surface area contributed by atoms with Gasteiger partial charge in [-0.2, -0.15) is 4.31 Å². The van der Waals surface area contributed by atoms with Crippen molar-refractivity contribution in [2.24, 2.45) is 5.92 Å². The molecule has 0 bridgehead atoms. The zero-order chi connectivity index (χ0) is 19.6. The van der Waals surface area contributed by atoms with E-state index in [1.807, 2.05) is 43.6 Å². The number of rotatable bonds is 5. The van der Waals surface area contributed by atoms with Crippen molar-refractivity contribution in [2.45, 2.75) is 31.1 Å². The third kappa shape index (κ3) is 3.91. The molecule has 2 aromatic carbocycles. The molecule has 2 heterocycles. The molecule has 0 aliphatic carbocycles. The largest absolute Gasteiger partial charge is 0.324 e. The van der Waals surface area contributed by atoms with E-state index in [1.54, 1.807) is 16.4 Å². The number of aromatic nitrogens is 1. The highest BCUT2D eigenvalue weighted by atomic mass is 32.2. The molecule has 4 nitrogen and oxygen atoms in total. The van der Waals surface area contributed by atoms with Gasteiger partial charge in [-0.1, -0.05) is 30.3 Å². The number of benzene rings is 2. The Kier molecular flexibility index (Phi) is 5.38. The maximum atomic E-state index is 12.9. The quantitative estimate of drug-likeness (QED) is 0.642. The van der Waals surface area contributed by atoms with Crippen molar-refractivity contribution >= 4 is 10.0 Å². The van der Waals surface area contributed by atoms with E-state index in [0.29, 0.717) is 23.9 Å². The van der Waals surface area contributed by atoms with E-state index >= 15 is 0 Å². The van der Waals surface area contributed by atoms with E-state index < -0.39 is 10.0 Å². The molecule has 0 spiro atoms. The first-order valence-corrected chi connectivity index (χ1v) is 11.3. The van der Waals surface area contributed by atoms with Crippen molar-refractivity contribution in [1.82, 2.24) is 8.87 Å². The van der Waals surface area contributed by atoms with Gasteiger partial charge in [-0.3, -0.25) is 0 Å². The molecule has 5 heteroatoms. The maximum absolute atomic E-state index is 12.9. The number of aryl methyl sites for hydroxylation is 1. The van der Waals surface area contributed by atoms with Crippen molar-refractivity contribution in [2.75, 3.05) is 13.1 Å². The molecule has 0 unspecified atom stereocenters. The van der Waals surface area contributed by atoms with Crippen molar-refractivity contribution in [3.63, 3.8) is 0 Å². The van der Waals surface area contributed by atoms with Crippen molar-refractivity contribution in [1.29, 1.82) is 0 Å². The van der Waals surface area contributed by atoms with Crippen LogP contribution in [0.25, 0.3) is 5.69 Å². The summed E-state index contributed by atoms with van der Waals surface area (Å²) < 4.78 is 29.6. The van der Waals surface area contributed by atoms with Gasteiger partial charge in [-0.25, -0.2) is 8.42 Å². The first kappa shape index (κ1) is 19.0. The predicted octanol–water partition coefficient (Wildman–Crippen LogP) is 4.43. The minimum Gasteiger partial charge on any atom is -0.324 e. The molecule has 28 heavy (non-hydrogen) atoms. The number of hydrogen-bond donors (Lipinski definition) is 0. The van der Waals surface area contributed by atoms with Crippen molar-refractivity contribution < 1.29 is 8.42 Å². The Hall–Kier alpha value is -2.37. The van der Waals surface area contributed by atoms with Gasteiger partial charge in [0, 0.05) is 31.2 Å². The summed E-state index contributed by atoms with van der Waals surface area (Å²) in [6.07, 6.45) is 6.90. The molecule has 4 rings (SSSR count). The molecular weight excluding hydrogens is 368 g/mol. The predicted molar refractivity (Wildman–Crippen MR) is 112 cm³/mol. The van der Waals surface area contributed by atoms with Gasteiger partial charge in [0.05, 0.1) is 4.90 Å². The van der Waals surface area contributed by atoms with Crippen LogP contribution in [-0.4, -0.2) is 30.4 Å². The Labute approximate surface area is 167 Å². The summed E-state index contributed by atoms with van der Waals surface area (Å²) in [6, 6.07) is 19.9. The fourth-order valence-corrected chi connectivity index (χ4v) is 5.68. The molecule has 0 atom stereocenters. The van der Waals surface area contributed by atoms with Gasteiger partial charge in [-0.15, -0.1) is 0 Å². The Morgan fingerprint density at radius 1 is 0.893 bits per heavy atom. The zero-order valence-electron chi connectivity index (χ0n) is 16.2. The van der Waals surface area contributed by atoms with Gasteiger partial charge >= 0.3 is 0 Å². The normalized spacial score (nSPS) is 16.3. The van der Waals surface area contributed by atoms with Gasteiger partial charge in [0.15, 0.2) is 0 Å². The molecule has 146 valence electrons. The third-order valence-corrected chi connectivity index (χ3v) is 7.71. The molecule has 0 saturated carbocycles. The van der Waals surface area contributed by atoms with Crippen molar-refractivity contribution in [3.05, 3.63) is 84.2 Å². The highest BCUT2D eigenvalue weighted by Gasteiger charge is 2.30. The van der Waals surface area contributed by atoms with E-state index in [-0.39, 0.29) is 0 Å². The van der Waals surface area contributed by atoms with Crippen LogP contribution in [0.3, 0.4) is 0 Å². The summed E-state index contributed by atoms with van der Waals surface area (Å²) in [7, 11) is -3.39. The lowest BCUT2D eigenvalue weighted by Gasteiger charge is -2.31. The fraction of sp³-hybridized carbons (Fsp3) is 0.304. The molecule has 1 fully saturated rings. The molecule has 0 N–H and O–H groups in total. The summed E-state index contributed by atoms with van der Waals surface area (Å²) in [5.74, 6) is 0.528. The van der Waals surface area contributed by atoms with E-state index in [0.717, 1.165) is 30.5 Å². The summed E-state index contributed by atoms with van der Waals surface area (Å²) in [5.41, 5.74) is 3.29. The van der Waals surface area contributed by atoms with Crippen LogP contribution in [0.15, 0.2) is 78.0 Å². The Balaban J connectivity index is 1.37. The van der Waals surface area contributed by atoms with Gasteiger partial charge in [0.1, 0.15) is 0 Å². The Bertz CT molecular complexity index is 1020. The topological polar surface area (TPSA) is 42.3 Å². The number of nitrogens with zero attached hydrogens (tertiary/aromatic N) is 2. The summed E-state index contributed by atoms with van der Waals surface area (Å²) in [6.45, 7) is 3.06. The molecule has 1 aromatic heterocycles. The van der Waals surface area contributed by atoms with Gasteiger partial charge in [0.2, 0.25) is 10.0 Å². The van der Waals surface area contributed by atoms with E-state index in [1.165, 1.54) is 5.56 Å². The molecular formula is C23H26N2O2S. The second-order valence-electron chi connectivity index (χ2n) is 7.57. The number of piperidine rings is 1. The van der Waals surface area contributed by atoms with Gasteiger partial charge in [0.25, 0.3) is 0 Å². The van der Waals surface area contributed by atoms with Crippen LogP contribution in [0.5, 0.6) is 0 Å². The summed E-state index contributed by atoms with van der Waals surface area (Å²) >= 11 is 0. The summed E-state index contributed by atoms with van der Waals surface area (Å²) in [4.78, 5) is 0.439. The van der Waals surface area contributed by atoms with Gasteiger partial charge < -0.3 is 4.57 Å². The molecule has 1 saturated heterocycles. The van der Waals surface area contributed by atoms with Gasteiger partial charge in [-0.05, 0) is 73.6 Å². The fourth-order valence-electron chi connectivity index (χ4n) is 3.98. The van der Waals surface area contributed by atoms with Crippen LogP contribution in [-0.2, 0) is 16.4 Å². The minimum absolute atomic E-state index is 0.439. The van der Waals surface area contributed by atoms with Crippen molar-refractivity contribution in [3.8, 4) is 5.69 Å². The zero-order valence-corrected chi connectivity index (χ0v) is 17.0. The first-order valence-electron chi connectivity index (χ1n) is 9.82. The van der Waals surface area contributed by atoms with Crippen LogP contribution >= 0.6 is 0 Å². The molecule has 3 aromatic rings. The second kappa shape index (κ2) is 7.94. The number of hydrogen-bond acceptors (Lipinski definition) is 2. The lowest BCUT2D eigenvalue weighted by Crippen LogP contribution is -2.39. The first-order chi connectivity index (χ1) is 13.5. The highest BCUT2D eigenvalue weighted by Crippen LogP contribution is 2.27. The molecule has 0 radical (unpaired) electrons. The second-order valence-corrected chi connectivity index (χ2v) is 9.48. The molecule has 1 aliphatic rings. The maximum Gasteiger partial charge on any atom is 0.243 e. The van der Waals surface area contributed by atoms with Crippen LogP contribution in [0.4, 0.5) is 0 Å². The Morgan fingerprint density at radius 2 is 1.54 bits per heavy atom. The average molecular weight is 395 g/mol. The van der Waals surface area contributed by atoms with E-state index in [9.17, 15) is 8.42 Å². The monoisotopic (exact) mass is 394 g/mol. The average Bonchev–Trinajstić information content (AvgIpc) is 3.24. The van der Waals surface area contributed by atoms with E-state index in [2.05, 4.69) is 28.8 Å². The molecule has 1 aliphatic heterocycles. The summed E-state index contributed by atoms with van der Waals surface area (Å²) in [5, 5.41) is 0. The third-order valence-electron chi connectivity index (χ3n) is 5.65. The molecule has 0 amide bonds. The lowest BCUT2D eigenvalue weighted by molar-refractivity contribution is 0.273. The van der Waals surface area contributed by atoms with E-state index in [4.69, 9.17) is 0 Å². The smallest absolute Gasteiger partial charge is 0.243 e. The standard InChI is InChI=1S/C23H26N2O2S/c1-19-6-2-3-7-23(19)28(26,27)25-16-12-21(13-17-25)18-20-8-10-22(11-9-20)24-14-4-5-15-24/h2-11,14-15,21H,12-13,16-18H2,1H3. The van der Waals surface area contributed by atoms with Crippen LogP contribution < -0.4 is 0 Å². The lowest BCUT2D eigenvalue weighted by atomic mass is 9.91.